The summed E-state index contributed by atoms with van der Waals surface area (Å²) in [6.45, 7) is 1.67. The highest BCUT2D eigenvalue weighted by atomic mass is 16.3. The fraction of sp³-hybridized carbons (Fsp3) is 0.364. The maximum atomic E-state index is 9.01. The van der Waals surface area contributed by atoms with Crippen LogP contribution in [0.4, 0.5) is 0 Å². The fourth-order valence-corrected chi connectivity index (χ4v) is 1.27. The van der Waals surface area contributed by atoms with Crippen molar-refractivity contribution in [2.24, 2.45) is 5.73 Å². The van der Waals surface area contributed by atoms with Crippen molar-refractivity contribution in [3.63, 3.8) is 0 Å². The lowest BCUT2D eigenvalue weighted by atomic mass is 9.92. The molecule has 1 aromatic carbocycles. The summed E-state index contributed by atoms with van der Waals surface area (Å²) in [5.74, 6) is 0. The average Bonchev–Trinajstić information content (AvgIpc) is 2.18. The number of rotatable bonds is 3. The predicted octanol–water partition coefficient (Wildman–Crippen LogP) is 0.810. The molecule has 0 aromatic heterocycles. The van der Waals surface area contributed by atoms with Gasteiger partial charge in [0.2, 0.25) is 0 Å². The zero-order chi connectivity index (χ0) is 10.6. The zero-order valence-corrected chi connectivity index (χ0v) is 8.20. The summed E-state index contributed by atoms with van der Waals surface area (Å²) in [6, 6.07) is 9.40. The maximum absolute atomic E-state index is 9.01. The second-order valence-electron chi connectivity index (χ2n) is 3.76. The highest BCUT2D eigenvalue weighted by Crippen LogP contribution is 2.14. The number of aliphatic hydroxyl groups is 1. The van der Waals surface area contributed by atoms with E-state index < -0.39 is 5.54 Å². The van der Waals surface area contributed by atoms with E-state index in [0.717, 1.165) is 5.56 Å². The van der Waals surface area contributed by atoms with Crippen LogP contribution in [0.3, 0.4) is 0 Å². The van der Waals surface area contributed by atoms with Crippen LogP contribution in [0.1, 0.15) is 18.1 Å². The molecule has 0 aliphatic carbocycles. The molecular weight excluding hydrogens is 176 g/mol. The molecule has 0 radical (unpaired) electrons. The van der Waals surface area contributed by atoms with Crippen molar-refractivity contribution in [2.45, 2.75) is 18.9 Å². The van der Waals surface area contributed by atoms with E-state index >= 15 is 0 Å². The Labute approximate surface area is 83.8 Å². The lowest BCUT2D eigenvalue weighted by Gasteiger charge is -2.21. The van der Waals surface area contributed by atoms with Crippen LogP contribution in [-0.2, 0) is 6.42 Å². The summed E-state index contributed by atoms with van der Waals surface area (Å²) in [4.78, 5) is 0. The van der Waals surface area contributed by atoms with E-state index in [2.05, 4.69) is 6.07 Å². The average molecular weight is 190 g/mol. The van der Waals surface area contributed by atoms with Gasteiger partial charge < -0.3 is 10.8 Å². The third-order valence-corrected chi connectivity index (χ3v) is 2.09. The minimum Gasteiger partial charge on any atom is -0.394 e. The van der Waals surface area contributed by atoms with E-state index in [1.165, 1.54) is 0 Å². The molecule has 0 saturated carbocycles. The summed E-state index contributed by atoms with van der Waals surface area (Å²) in [7, 11) is 0. The van der Waals surface area contributed by atoms with E-state index in [0.29, 0.717) is 12.0 Å². The minimum atomic E-state index is -0.660. The third kappa shape index (κ3) is 2.56. The van der Waals surface area contributed by atoms with Gasteiger partial charge in [-0.3, -0.25) is 0 Å². The largest absolute Gasteiger partial charge is 0.394 e. The van der Waals surface area contributed by atoms with Crippen LogP contribution in [0.25, 0.3) is 0 Å². The number of nitrogens with zero attached hydrogens (tertiary/aromatic N) is 1. The second-order valence-corrected chi connectivity index (χ2v) is 3.76. The van der Waals surface area contributed by atoms with Crippen molar-refractivity contribution in [3.05, 3.63) is 35.4 Å². The van der Waals surface area contributed by atoms with Gasteiger partial charge in [-0.2, -0.15) is 5.26 Å². The molecule has 1 rings (SSSR count). The highest BCUT2D eigenvalue weighted by molar-refractivity contribution is 5.38. The van der Waals surface area contributed by atoms with Crippen molar-refractivity contribution >= 4 is 0 Å². The molecule has 0 saturated heterocycles. The molecule has 3 heteroatoms. The van der Waals surface area contributed by atoms with Gasteiger partial charge in [-0.1, -0.05) is 18.2 Å². The lowest BCUT2D eigenvalue weighted by Crippen LogP contribution is -2.42. The summed E-state index contributed by atoms with van der Waals surface area (Å²) in [5, 5.41) is 17.8. The van der Waals surface area contributed by atoms with E-state index in [1.54, 1.807) is 13.0 Å². The van der Waals surface area contributed by atoms with Crippen LogP contribution in [0.15, 0.2) is 24.3 Å². The van der Waals surface area contributed by atoms with Gasteiger partial charge >= 0.3 is 0 Å². The number of aliphatic hydroxyl groups excluding tert-OH is 1. The topological polar surface area (TPSA) is 70.0 Å². The quantitative estimate of drug-likeness (QED) is 0.741. The first kappa shape index (κ1) is 10.7. The monoisotopic (exact) mass is 190 g/mol. The van der Waals surface area contributed by atoms with Gasteiger partial charge in [0.05, 0.1) is 18.2 Å². The van der Waals surface area contributed by atoms with E-state index in [-0.39, 0.29) is 6.61 Å². The first-order chi connectivity index (χ1) is 6.59. The van der Waals surface area contributed by atoms with Crippen LogP contribution in [0.2, 0.25) is 0 Å². The number of hydrogen-bond donors (Lipinski definition) is 2. The molecule has 0 aliphatic rings. The molecule has 14 heavy (non-hydrogen) atoms. The molecule has 3 nitrogen and oxygen atoms in total. The minimum absolute atomic E-state index is 0.0905. The Hall–Kier alpha value is -1.37. The van der Waals surface area contributed by atoms with Gasteiger partial charge in [0.25, 0.3) is 0 Å². The van der Waals surface area contributed by atoms with Crippen molar-refractivity contribution in [1.29, 1.82) is 5.26 Å². The predicted molar refractivity (Wildman–Crippen MR) is 54.5 cm³/mol. The molecule has 1 aromatic rings. The smallest absolute Gasteiger partial charge is 0.0994 e. The van der Waals surface area contributed by atoms with Gasteiger partial charge in [0, 0.05) is 5.54 Å². The fourth-order valence-electron chi connectivity index (χ4n) is 1.27. The van der Waals surface area contributed by atoms with E-state index in [9.17, 15) is 0 Å². The van der Waals surface area contributed by atoms with Crippen molar-refractivity contribution in [2.75, 3.05) is 6.61 Å². The third-order valence-electron chi connectivity index (χ3n) is 2.09. The Morgan fingerprint density at radius 3 is 2.71 bits per heavy atom. The van der Waals surface area contributed by atoms with Crippen LogP contribution >= 0.6 is 0 Å². The summed E-state index contributed by atoms with van der Waals surface area (Å²) < 4.78 is 0. The van der Waals surface area contributed by atoms with Gasteiger partial charge in [-0.05, 0) is 25.0 Å². The first-order valence-corrected chi connectivity index (χ1v) is 4.47. The Kier molecular flexibility index (Phi) is 3.23. The lowest BCUT2D eigenvalue weighted by molar-refractivity contribution is 0.208. The SMILES string of the molecule is CC(N)(CO)Cc1ccccc1C#N. The van der Waals surface area contributed by atoms with Crippen LogP contribution < -0.4 is 5.73 Å². The molecule has 0 bridgehead atoms. The molecule has 0 aliphatic heterocycles. The van der Waals surface area contributed by atoms with Gasteiger partial charge in [-0.25, -0.2) is 0 Å². The standard InChI is InChI=1S/C11H14N2O/c1-11(13,8-14)6-9-4-2-3-5-10(9)7-12/h2-5,14H,6,8,13H2,1H3. The van der Waals surface area contributed by atoms with Crippen LogP contribution in [0, 0.1) is 11.3 Å². The van der Waals surface area contributed by atoms with Crippen LogP contribution in [0.5, 0.6) is 0 Å². The molecule has 0 heterocycles. The molecule has 0 fully saturated rings. The maximum Gasteiger partial charge on any atom is 0.0994 e. The summed E-state index contributed by atoms with van der Waals surface area (Å²) in [5.41, 5.74) is 6.66. The molecule has 3 N–H and O–H groups in total. The molecule has 0 amide bonds. The van der Waals surface area contributed by atoms with Crippen molar-refractivity contribution in [3.8, 4) is 6.07 Å². The Morgan fingerprint density at radius 1 is 1.50 bits per heavy atom. The normalized spacial score (nSPS) is 14.4. The molecule has 0 spiro atoms. The highest BCUT2D eigenvalue weighted by Gasteiger charge is 2.18. The molecule has 1 unspecified atom stereocenters. The molecule has 74 valence electrons. The molecular formula is C11H14N2O. The Balaban J connectivity index is 2.92. The summed E-state index contributed by atoms with van der Waals surface area (Å²) in [6.07, 6.45) is 0.507. The second kappa shape index (κ2) is 4.23. The molecule has 1 atom stereocenters. The number of benzene rings is 1. The van der Waals surface area contributed by atoms with Gasteiger partial charge in [0.15, 0.2) is 0 Å². The summed E-state index contributed by atoms with van der Waals surface area (Å²) >= 11 is 0. The van der Waals surface area contributed by atoms with Gasteiger partial charge in [0.1, 0.15) is 0 Å². The van der Waals surface area contributed by atoms with Crippen molar-refractivity contribution < 1.29 is 5.11 Å². The number of nitrogens with two attached hydrogens (primary N) is 1. The van der Waals surface area contributed by atoms with Crippen LogP contribution in [-0.4, -0.2) is 17.3 Å². The zero-order valence-electron chi connectivity index (χ0n) is 8.20. The first-order valence-electron chi connectivity index (χ1n) is 4.47. The van der Waals surface area contributed by atoms with E-state index in [1.807, 2.05) is 18.2 Å². The van der Waals surface area contributed by atoms with Gasteiger partial charge in [-0.15, -0.1) is 0 Å². The Bertz CT molecular complexity index is 353. The number of nitriles is 1. The Morgan fingerprint density at radius 2 is 2.14 bits per heavy atom. The van der Waals surface area contributed by atoms with Crippen molar-refractivity contribution in [1.82, 2.24) is 0 Å². The van der Waals surface area contributed by atoms with E-state index in [4.69, 9.17) is 16.1 Å². The number of hydrogen-bond acceptors (Lipinski definition) is 3.